The minimum atomic E-state index is -1.26. The maximum absolute atomic E-state index is 13.8. The number of hydrogen-bond acceptors (Lipinski definition) is 8. The van der Waals surface area contributed by atoms with Crippen LogP contribution >= 0.6 is 11.3 Å². The summed E-state index contributed by atoms with van der Waals surface area (Å²) in [5.41, 5.74) is 2.87. The van der Waals surface area contributed by atoms with E-state index < -0.39 is 30.0 Å². The fourth-order valence-corrected chi connectivity index (χ4v) is 7.24. The van der Waals surface area contributed by atoms with E-state index in [2.05, 4.69) is 46.3 Å². The molecule has 230 valence electrons. The Kier molecular flexibility index (Phi) is 8.73. The second-order valence-electron chi connectivity index (χ2n) is 11.1. The molecule has 2 aromatic carbocycles. The molecule has 0 spiro atoms. The van der Waals surface area contributed by atoms with Crippen molar-refractivity contribution in [2.24, 2.45) is 0 Å². The maximum atomic E-state index is 13.8. The van der Waals surface area contributed by atoms with E-state index in [0.717, 1.165) is 21.6 Å². The molecule has 0 aliphatic carbocycles. The number of aliphatic hydroxyl groups is 2. The van der Waals surface area contributed by atoms with Gasteiger partial charge >= 0.3 is 0 Å². The Morgan fingerprint density at radius 3 is 2.60 bits per heavy atom. The average Bonchev–Trinajstić information content (AvgIpc) is 3.80. The molecule has 0 saturated carbocycles. The van der Waals surface area contributed by atoms with Crippen LogP contribution in [0.5, 0.6) is 0 Å². The highest BCUT2D eigenvalue weighted by Gasteiger charge is 2.50. The van der Waals surface area contributed by atoms with Crippen molar-refractivity contribution in [2.75, 3.05) is 11.9 Å². The molecule has 8 nitrogen and oxygen atoms in total. The van der Waals surface area contributed by atoms with Crippen molar-refractivity contribution in [2.45, 2.75) is 42.9 Å². The number of aromatic nitrogens is 4. The minimum absolute atomic E-state index is 0.311. The number of hydrogen-bond donors (Lipinski definition) is 2. The predicted octanol–water partition coefficient (Wildman–Crippen LogP) is 5.96. The molecule has 3 aromatic heterocycles. The fourth-order valence-electron chi connectivity index (χ4n) is 6.26. The van der Waals surface area contributed by atoms with Crippen LogP contribution in [0.15, 0.2) is 122 Å². The monoisotopic (exact) mass is 623 g/mol. The van der Waals surface area contributed by atoms with Crippen LogP contribution in [0.4, 0.5) is 10.2 Å². The number of rotatable bonds is 11. The molecule has 1 saturated heterocycles. The lowest BCUT2D eigenvalue weighted by Gasteiger charge is -2.38. The fraction of sp³-hybridized carbons (Fsp3) is 0.229. The van der Waals surface area contributed by atoms with Gasteiger partial charge < -0.3 is 19.8 Å². The van der Waals surface area contributed by atoms with E-state index in [-0.39, 0.29) is 5.82 Å². The number of allylic oxidation sites excluding steroid dienone is 4. The Hall–Kier alpha value is -4.48. The summed E-state index contributed by atoms with van der Waals surface area (Å²) in [7, 11) is 1.84. The van der Waals surface area contributed by atoms with E-state index in [1.807, 2.05) is 59.8 Å². The predicted molar refractivity (Wildman–Crippen MR) is 174 cm³/mol. The number of ether oxygens (including phenoxy) is 1. The van der Waals surface area contributed by atoms with Gasteiger partial charge in [-0.3, -0.25) is 4.57 Å². The van der Waals surface area contributed by atoms with E-state index in [4.69, 9.17) is 4.74 Å². The molecule has 2 N–H and O–H groups in total. The van der Waals surface area contributed by atoms with E-state index in [9.17, 15) is 14.6 Å². The summed E-state index contributed by atoms with van der Waals surface area (Å²) in [5, 5.41) is 24.9. The zero-order chi connectivity index (χ0) is 31.6. The number of halogens is 1. The molecule has 0 radical (unpaired) electrons. The van der Waals surface area contributed by atoms with Gasteiger partial charge in [0.2, 0.25) is 0 Å². The Morgan fingerprint density at radius 2 is 1.89 bits per heavy atom. The van der Waals surface area contributed by atoms with Crippen molar-refractivity contribution in [1.82, 2.24) is 19.5 Å². The first-order valence-corrected chi connectivity index (χ1v) is 15.4. The summed E-state index contributed by atoms with van der Waals surface area (Å²) in [5.74, 6) is 0.229. The molecule has 6 rings (SSSR count). The van der Waals surface area contributed by atoms with Gasteiger partial charge in [-0.1, -0.05) is 79.9 Å². The quantitative estimate of drug-likeness (QED) is 0.175. The average molecular weight is 624 g/mol. The lowest BCUT2D eigenvalue weighted by Crippen LogP contribution is -2.39. The third-order valence-electron chi connectivity index (χ3n) is 8.35. The first-order valence-electron chi connectivity index (χ1n) is 14.6. The zero-order valence-corrected chi connectivity index (χ0v) is 25.6. The van der Waals surface area contributed by atoms with Gasteiger partial charge in [-0.2, -0.15) is 0 Å². The Labute approximate surface area is 265 Å². The van der Waals surface area contributed by atoms with Gasteiger partial charge in [0, 0.05) is 18.5 Å². The molecule has 0 bridgehead atoms. The second kappa shape index (κ2) is 12.9. The van der Waals surface area contributed by atoms with Crippen LogP contribution in [0.25, 0.3) is 11.2 Å². The second-order valence-corrected chi connectivity index (χ2v) is 12.0. The highest BCUT2D eigenvalue weighted by atomic mass is 32.1. The Morgan fingerprint density at radius 1 is 1.07 bits per heavy atom. The summed E-state index contributed by atoms with van der Waals surface area (Å²) >= 11 is 1.61. The smallest absolute Gasteiger partial charge is 0.167 e. The number of benzene rings is 2. The van der Waals surface area contributed by atoms with Crippen molar-refractivity contribution in [1.29, 1.82) is 0 Å². The highest BCUT2D eigenvalue weighted by molar-refractivity contribution is 7.10. The van der Waals surface area contributed by atoms with Crippen LogP contribution in [-0.2, 0) is 16.7 Å². The topological polar surface area (TPSA) is 96.5 Å². The van der Waals surface area contributed by atoms with Crippen molar-refractivity contribution >= 4 is 28.3 Å². The maximum Gasteiger partial charge on any atom is 0.167 e. The number of nitrogens with zero attached hydrogens (tertiary/aromatic N) is 5. The first-order chi connectivity index (χ1) is 21.9. The Bertz CT molecular complexity index is 1830. The molecule has 0 amide bonds. The zero-order valence-electron chi connectivity index (χ0n) is 24.8. The van der Waals surface area contributed by atoms with Crippen LogP contribution in [0.1, 0.15) is 28.7 Å². The van der Waals surface area contributed by atoms with Gasteiger partial charge in [-0.15, -0.1) is 11.3 Å². The van der Waals surface area contributed by atoms with Crippen LogP contribution < -0.4 is 4.90 Å². The van der Waals surface area contributed by atoms with E-state index in [1.165, 1.54) is 18.5 Å². The van der Waals surface area contributed by atoms with Crippen molar-refractivity contribution in [3.63, 3.8) is 0 Å². The van der Waals surface area contributed by atoms with Crippen LogP contribution in [0.3, 0.4) is 0 Å². The third-order valence-corrected chi connectivity index (χ3v) is 9.38. The number of anilines is 1. The van der Waals surface area contributed by atoms with Gasteiger partial charge in [-0.25, -0.2) is 19.3 Å². The summed E-state index contributed by atoms with van der Waals surface area (Å²) in [6, 6.07) is 20.5. The first kappa shape index (κ1) is 30.5. The molecule has 1 aliphatic heterocycles. The highest BCUT2D eigenvalue weighted by Crippen LogP contribution is 2.48. The van der Waals surface area contributed by atoms with E-state index in [0.29, 0.717) is 29.9 Å². The lowest BCUT2D eigenvalue weighted by molar-refractivity contribution is -0.0403. The molecule has 1 aliphatic rings. The standard InChI is InChI=1S/C35H34FN5O3S/c1-4-11-24(5-2)35(28-16-10-17-45-28,25-13-7-6-8-14-25)19-27-30(42)31(43)34(44-27)41-22-39-29-32(37-21-38-33(29)41)40(3)20-23-12-9-15-26(36)18-23/h4-18,21-22,27,30-31,34,42-43H,1-2,19-20H2,3H3/b24-11+/t27?,30-,31-,34-,35?/m1/s1. The van der Waals surface area contributed by atoms with Crippen molar-refractivity contribution in [3.8, 4) is 0 Å². The largest absolute Gasteiger partial charge is 0.388 e. The summed E-state index contributed by atoms with van der Waals surface area (Å²) < 4.78 is 22.0. The molecule has 4 heterocycles. The van der Waals surface area contributed by atoms with Gasteiger partial charge in [-0.05, 0) is 46.7 Å². The van der Waals surface area contributed by atoms with E-state index >= 15 is 0 Å². The van der Waals surface area contributed by atoms with E-state index in [1.54, 1.807) is 34.4 Å². The molecule has 10 heteroatoms. The number of imidazole rings is 1. The third kappa shape index (κ3) is 5.62. The SMILES string of the molecule is C=C/C=C(\C=C)C(CC1O[C@@H](n2cnc3c(N(C)Cc4cccc(F)c4)ncnc32)[C@H](O)[C@@H]1O)(c1ccccc1)c1cccs1. The Balaban J connectivity index is 1.35. The van der Waals surface area contributed by atoms with Crippen molar-refractivity contribution in [3.05, 3.63) is 144 Å². The molecule has 5 aromatic rings. The van der Waals surface area contributed by atoms with Gasteiger partial charge in [0.15, 0.2) is 23.2 Å². The number of thiophene rings is 1. The molecule has 45 heavy (non-hydrogen) atoms. The van der Waals surface area contributed by atoms with Crippen LogP contribution in [0.2, 0.25) is 0 Å². The normalized spacial score (nSPS) is 21.5. The van der Waals surface area contributed by atoms with Crippen molar-refractivity contribution < 1.29 is 19.3 Å². The van der Waals surface area contributed by atoms with Gasteiger partial charge in [0.25, 0.3) is 0 Å². The molecule has 1 fully saturated rings. The molecule has 5 atom stereocenters. The summed E-state index contributed by atoms with van der Waals surface area (Å²) in [6.07, 6.45) is 4.55. The molecular formula is C35H34FN5O3S. The number of aliphatic hydroxyl groups excluding tert-OH is 2. The lowest BCUT2D eigenvalue weighted by atomic mass is 9.68. The van der Waals surface area contributed by atoms with Gasteiger partial charge in [0.1, 0.15) is 24.4 Å². The minimum Gasteiger partial charge on any atom is -0.388 e. The molecule has 2 unspecified atom stereocenters. The van der Waals surface area contributed by atoms with Crippen LogP contribution in [-0.4, -0.2) is 55.1 Å². The van der Waals surface area contributed by atoms with Crippen LogP contribution in [0, 0.1) is 5.82 Å². The summed E-state index contributed by atoms with van der Waals surface area (Å²) in [4.78, 5) is 16.4. The summed E-state index contributed by atoms with van der Waals surface area (Å²) in [6.45, 7) is 8.45. The number of fused-ring (bicyclic) bond motifs is 1. The van der Waals surface area contributed by atoms with Gasteiger partial charge in [0.05, 0.1) is 17.8 Å². The molecular weight excluding hydrogens is 589 g/mol.